The smallest absolute Gasteiger partial charge is 0.407 e. The molecule has 0 spiro atoms. The van der Waals surface area contributed by atoms with E-state index in [0.29, 0.717) is 32.4 Å². The number of nitrogens with one attached hydrogen (secondary N) is 1. The highest BCUT2D eigenvalue weighted by Gasteiger charge is 2.27. The number of likely N-dealkylation sites (tertiary alicyclic amines) is 1. The summed E-state index contributed by atoms with van der Waals surface area (Å²) in [7, 11) is 0. The predicted octanol–water partition coefficient (Wildman–Crippen LogP) is 2.57. The number of amides is 1. The minimum atomic E-state index is -0.913. The number of hydrogen-bond acceptors (Lipinski definition) is 3. The van der Waals surface area contributed by atoms with Gasteiger partial charge in [0.25, 0.3) is 0 Å². The van der Waals surface area contributed by atoms with Crippen molar-refractivity contribution in [2.45, 2.75) is 31.3 Å². The average molecular weight is 342 g/mol. The molecule has 0 radical (unpaired) electrons. The van der Waals surface area contributed by atoms with Gasteiger partial charge in [0.15, 0.2) is 0 Å². The van der Waals surface area contributed by atoms with Gasteiger partial charge in [-0.15, -0.1) is 0 Å². The lowest BCUT2D eigenvalue weighted by Gasteiger charge is -2.32. The largest absolute Gasteiger partial charge is 0.480 e. The molecule has 0 bridgehead atoms. The Hall–Kier alpha value is -2.60. The second-order valence-corrected chi connectivity index (χ2v) is 6.44. The summed E-state index contributed by atoms with van der Waals surface area (Å²) < 4.78 is 0. The summed E-state index contributed by atoms with van der Waals surface area (Å²) in [5.74, 6) is -0.881. The molecule has 0 aromatic heterocycles. The van der Waals surface area contributed by atoms with E-state index in [4.69, 9.17) is 5.11 Å². The molecule has 1 aliphatic rings. The fourth-order valence-corrected chi connectivity index (χ4v) is 3.43. The molecule has 2 aromatic carbocycles. The second-order valence-electron chi connectivity index (χ2n) is 6.44. The van der Waals surface area contributed by atoms with Gasteiger partial charge in [0.1, 0.15) is 6.04 Å². The molecule has 3 N–H and O–H groups in total. The molecule has 1 aliphatic heterocycles. The molecule has 0 saturated carbocycles. The number of rotatable bonds is 5. The molecule has 2 aromatic rings. The normalized spacial score (nSPS) is 16.7. The van der Waals surface area contributed by atoms with E-state index in [1.165, 1.54) is 4.90 Å². The first kappa shape index (κ1) is 17.2. The van der Waals surface area contributed by atoms with Gasteiger partial charge < -0.3 is 20.4 Å². The number of aliphatic carboxylic acids is 1. The van der Waals surface area contributed by atoms with E-state index in [-0.39, 0.29) is 6.04 Å². The van der Waals surface area contributed by atoms with Crippen LogP contribution in [0.1, 0.15) is 18.4 Å². The van der Waals surface area contributed by atoms with E-state index >= 15 is 0 Å². The highest BCUT2D eigenvalue weighted by atomic mass is 16.4. The number of fused-ring (bicyclic) bond motifs is 1. The molecule has 1 amide bonds. The van der Waals surface area contributed by atoms with Crippen molar-refractivity contribution in [1.82, 2.24) is 10.2 Å². The molecule has 1 unspecified atom stereocenters. The van der Waals surface area contributed by atoms with Crippen LogP contribution in [-0.4, -0.2) is 52.3 Å². The van der Waals surface area contributed by atoms with Crippen molar-refractivity contribution in [2.75, 3.05) is 13.1 Å². The lowest BCUT2D eigenvalue weighted by Crippen LogP contribution is -2.50. The fourth-order valence-electron chi connectivity index (χ4n) is 3.43. The van der Waals surface area contributed by atoms with Crippen LogP contribution in [-0.2, 0) is 11.2 Å². The van der Waals surface area contributed by atoms with Crippen LogP contribution in [0.4, 0.5) is 4.79 Å². The van der Waals surface area contributed by atoms with Gasteiger partial charge in [0.2, 0.25) is 0 Å². The maximum absolute atomic E-state index is 11.7. The molecule has 3 rings (SSSR count). The quantitative estimate of drug-likeness (QED) is 0.777. The van der Waals surface area contributed by atoms with Crippen molar-refractivity contribution in [2.24, 2.45) is 0 Å². The SMILES string of the molecule is O=C(O)C(Cc1cccc2ccccc12)NC1CCN(C(=O)O)CC1. The van der Waals surface area contributed by atoms with Gasteiger partial charge in [-0.05, 0) is 35.6 Å². The Labute approximate surface area is 146 Å². The third kappa shape index (κ3) is 4.09. The Morgan fingerprint density at radius 2 is 1.76 bits per heavy atom. The zero-order chi connectivity index (χ0) is 17.8. The zero-order valence-electron chi connectivity index (χ0n) is 13.9. The standard InChI is InChI=1S/C19H22N2O4/c22-18(23)17(20-15-8-10-21(11-9-15)19(24)25)12-14-6-3-5-13-4-1-2-7-16(13)14/h1-7,15,17,20H,8-12H2,(H,22,23)(H,24,25). The Morgan fingerprint density at radius 3 is 2.44 bits per heavy atom. The van der Waals surface area contributed by atoms with Crippen molar-refractivity contribution in [3.8, 4) is 0 Å². The number of nitrogens with zero attached hydrogens (tertiary/aromatic N) is 1. The second kappa shape index (κ2) is 7.53. The Bertz CT molecular complexity index is 764. The highest BCUT2D eigenvalue weighted by molar-refractivity contribution is 5.86. The first-order valence-corrected chi connectivity index (χ1v) is 8.48. The van der Waals surface area contributed by atoms with Gasteiger partial charge in [-0.25, -0.2) is 4.79 Å². The average Bonchev–Trinajstić information content (AvgIpc) is 2.61. The molecular formula is C19H22N2O4. The van der Waals surface area contributed by atoms with Crippen molar-refractivity contribution in [1.29, 1.82) is 0 Å². The molecule has 1 heterocycles. The van der Waals surface area contributed by atoms with Crippen LogP contribution < -0.4 is 5.32 Å². The number of carboxylic acids is 1. The summed E-state index contributed by atoms with van der Waals surface area (Å²) in [6.45, 7) is 0.876. The van der Waals surface area contributed by atoms with Crippen molar-refractivity contribution in [3.05, 3.63) is 48.0 Å². The molecule has 1 saturated heterocycles. The summed E-state index contributed by atoms with van der Waals surface area (Å²) in [5, 5.41) is 24.0. The Morgan fingerprint density at radius 1 is 1.08 bits per heavy atom. The molecule has 132 valence electrons. The van der Waals surface area contributed by atoms with Gasteiger partial charge in [-0.3, -0.25) is 4.79 Å². The lowest BCUT2D eigenvalue weighted by atomic mass is 9.97. The first-order chi connectivity index (χ1) is 12.0. The molecule has 6 nitrogen and oxygen atoms in total. The topological polar surface area (TPSA) is 89.9 Å². The van der Waals surface area contributed by atoms with E-state index in [0.717, 1.165) is 16.3 Å². The van der Waals surface area contributed by atoms with Gasteiger partial charge in [-0.2, -0.15) is 0 Å². The summed E-state index contributed by atoms with van der Waals surface area (Å²) >= 11 is 0. The molecule has 1 fully saturated rings. The molecule has 6 heteroatoms. The minimum Gasteiger partial charge on any atom is -0.480 e. The van der Waals surface area contributed by atoms with E-state index < -0.39 is 18.1 Å². The van der Waals surface area contributed by atoms with Crippen LogP contribution in [0, 0.1) is 0 Å². The van der Waals surface area contributed by atoms with Crippen LogP contribution in [0.25, 0.3) is 10.8 Å². The Balaban J connectivity index is 1.70. The highest BCUT2D eigenvalue weighted by Crippen LogP contribution is 2.20. The third-order valence-electron chi connectivity index (χ3n) is 4.80. The minimum absolute atomic E-state index is 0.0201. The summed E-state index contributed by atoms with van der Waals surface area (Å²) in [5.41, 5.74) is 1.00. The number of benzene rings is 2. The predicted molar refractivity (Wildman–Crippen MR) is 94.8 cm³/mol. The van der Waals surface area contributed by atoms with E-state index in [1.807, 2.05) is 42.5 Å². The van der Waals surface area contributed by atoms with Gasteiger partial charge >= 0.3 is 12.1 Å². The van der Waals surface area contributed by atoms with Crippen LogP contribution in [0.5, 0.6) is 0 Å². The number of carboxylic acid groups (broad SMARTS) is 2. The maximum atomic E-state index is 11.7. The summed E-state index contributed by atoms with van der Waals surface area (Å²) in [6.07, 6.45) is 0.747. The van der Waals surface area contributed by atoms with Gasteiger partial charge in [0.05, 0.1) is 0 Å². The van der Waals surface area contributed by atoms with Crippen molar-refractivity contribution in [3.63, 3.8) is 0 Å². The number of carbonyl (C=O) groups is 2. The monoisotopic (exact) mass is 342 g/mol. The number of hydrogen-bond donors (Lipinski definition) is 3. The van der Waals surface area contributed by atoms with Crippen molar-refractivity contribution >= 4 is 22.8 Å². The van der Waals surface area contributed by atoms with E-state index in [2.05, 4.69) is 5.32 Å². The summed E-state index contributed by atoms with van der Waals surface area (Å²) in [6, 6.07) is 13.2. The Kier molecular flexibility index (Phi) is 5.19. The summed E-state index contributed by atoms with van der Waals surface area (Å²) in [4.78, 5) is 24.1. The first-order valence-electron chi connectivity index (χ1n) is 8.48. The molecule has 0 aliphatic carbocycles. The zero-order valence-corrected chi connectivity index (χ0v) is 13.9. The van der Waals surface area contributed by atoms with E-state index in [9.17, 15) is 14.7 Å². The van der Waals surface area contributed by atoms with Crippen LogP contribution in [0.15, 0.2) is 42.5 Å². The fraction of sp³-hybridized carbons (Fsp3) is 0.368. The lowest BCUT2D eigenvalue weighted by molar-refractivity contribution is -0.139. The number of piperidine rings is 1. The third-order valence-corrected chi connectivity index (χ3v) is 4.80. The van der Waals surface area contributed by atoms with Crippen molar-refractivity contribution < 1.29 is 19.8 Å². The van der Waals surface area contributed by atoms with Gasteiger partial charge in [0, 0.05) is 19.1 Å². The van der Waals surface area contributed by atoms with Gasteiger partial charge in [-0.1, -0.05) is 42.5 Å². The molecular weight excluding hydrogens is 320 g/mol. The van der Waals surface area contributed by atoms with Crippen LogP contribution in [0.3, 0.4) is 0 Å². The maximum Gasteiger partial charge on any atom is 0.407 e. The van der Waals surface area contributed by atoms with E-state index in [1.54, 1.807) is 0 Å². The van der Waals surface area contributed by atoms with Crippen LogP contribution >= 0.6 is 0 Å². The molecule has 1 atom stereocenters. The van der Waals surface area contributed by atoms with Crippen LogP contribution in [0.2, 0.25) is 0 Å². The molecule has 25 heavy (non-hydrogen) atoms.